The largest absolute Gasteiger partial charge is 0.481 e. The maximum Gasteiger partial charge on any atom is 0.222 e. The Hall–Kier alpha value is -1.20. The third-order valence-electron chi connectivity index (χ3n) is 2.38. The van der Waals surface area contributed by atoms with Crippen LogP contribution in [0.2, 0.25) is 0 Å². The first-order valence-corrected chi connectivity index (χ1v) is 5.00. The first kappa shape index (κ1) is 10.3. The molecule has 82 valence electrons. The first-order chi connectivity index (χ1) is 7.35. The lowest BCUT2D eigenvalue weighted by molar-refractivity contribution is 0.132. The second-order valence-corrected chi connectivity index (χ2v) is 3.42. The van der Waals surface area contributed by atoms with Crippen molar-refractivity contribution in [3.8, 4) is 5.88 Å². The van der Waals surface area contributed by atoms with Gasteiger partial charge in [0.15, 0.2) is 0 Å². The maximum atomic E-state index is 5.32. The molecule has 0 bridgehead atoms. The van der Waals surface area contributed by atoms with Crippen LogP contribution in [-0.2, 0) is 24.4 Å². The second-order valence-electron chi connectivity index (χ2n) is 3.42. The molecule has 15 heavy (non-hydrogen) atoms. The van der Waals surface area contributed by atoms with Gasteiger partial charge in [-0.15, -0.1) is 0 Å². The topological polar surface area (TPSA) is 56.3 Å². The Kier molecular flexibility index (Phi) is 3.13. The van der Waals surface area contributed by atoms with Crippen LogP contribution in [0.3, 0.4) is 0 Å². The van der Waals surface area contributed by atoms with Gasteiger partial charge in [0.1, 0.15) is 5.82 Å². The first-order valence-electron chi connectivity index (χ1n) is 5.00. The third-order valence-corrected chi connectivity index (χ3v) is 2.38. The van der Waals surface area contributed by atoms with E-state index in [0.717, 1.165) is 30.0 Å². The van der Waals surface area contributed by atoms with Gasteiger partial charge in [0.2, 0.25) is 5.88 Å². The fourth-order valence-corrected chi connectivity index (χ4v) is 1.59. The van der Waals surface area contributed by atoms with Crippen molar-refractivity contribution < 1.29 is 9.47 Å². The zero-order valence-electron chi connectivity index (χ0n) is 9.04. The molecule has 0 aromatic carbocycles. The molecule has 0 radical (unpaired) electrons. The zero-order valence-corrected chi connectivity index (χ0v) is 9.04. The molecule has 1 aromatic heterocycles. The number of aromatic nitrogens is 2. The van der Waals surface area contributed by atoms with Crippen molar-refractivity contribution in [1.29, 1.82) is 0 Å². The molecule has 0 unspecified atom stereocenters. The minimum Gasteiger partial charge on any atom is -0.481 e. The van der Waals surface area contributed by atoms with Crippen LogP contribution in [0.25, 0.3) is 0 Å². The van der Waals surface area contributed by atoms with Crippen molar-refractivity contribution >= 4 is 0 Å². The predicted octanol–water partition coefficient (Wildman–Crippen LogP) is 0.277. The summed E-state index contributed by atoms with van der Waals surface area (Å²) in [6, 6.07) is 0. The normalized spacial score (nSPS) is 14.0. The lowest BCUT2D eigenvalue weighted by Crippen LogP contribution is -2.13. The summed E-state index contributed by atoms with van der Waals surface area (Å²) in [5, 5.41) is 3.07. The van der Waals surface area contributed by atoms with E-state index in [1.54, 1.807) is 7.11 Å². The second kappa shape index (κ2) is 4.55. The minimum absolute atomic E-state index is 0.560. The van der Waals surface area contributed by atoms with E-state index in [9.17, 15) is 0 Å². The maximum absolute atomic E-state index is 5.32. The average molecular weight is 209 g/mol. The summed E-state index contributed by atoms with van der Waals surface area (Å²) in [6.45, 7) is 1.99. The van der Waals surface area contributed by atoms with Gasteiger partial charge < -0.3 is 14.8 Å². The summed E-state index contributed by atoms with van der Waals surface area (Å²) in [5.41, 5.74) is 1.96. The summed E-state index contributed by atoms with van der Waals surface area (Å²) in [7, 11) is 3.54. The molecule has 0 amide bonds. The van der Waals surface area contributed by atoms with E-state index in [1.165, 1.54) is 0 Å². The Balaban J connectivity index is 2.26. The molecule has 2 rings (SSSR count). The quantitative estimate of drug-likeness (QED) is 0.771. The number of rotatable bonds is 4. The standard InChI is InChI=1S/C10H15N3O2/c1-11-4-3-9-12-8-6-15-5-7(8)10(13-9)14-2/h11H,3-6H2,1-2H3. The van der Waals surface area contributed by atoms with E-state index >= 15 is 0 Å². The highest BCUT2D eigenvalue weighted by Crippen LogP contribution is 2.25. The molecule has 1 N–H and O–H groups in total. The summed E-state index contributed by atoms with van der Waals surface area (Å²) >= 11 is 0. The Bertz CT molecular complexity index is 355. The van der Waals surface area contributed by atoms with Gasteiger partial charge in [0, 0.05) is 13.0 Å². The number of hydrogen-bond acceptors (Lipinski definition) is 5. The Labute approximate surface area is 88.8 Å². The fourth-order valence-electron chi connectivity index (χ4n) is 1.59. The van der Waals surface area contributed by atoms with Crippen LogP contribution in [0.5, 0.6) is 5.88 Å². The summed E-state index contributed by atoms with van der Waals surface area (Å²) < 4.78 is 10.5. The fraction of sp³-hybridized carbons (Fsp3) is 0.600. The smallest absolute Gasteiger partial charge is 0.222 e. The predicted molar refractivity (Wildman–Crippen MR) is 54.7 cm³/mol. The SMILES string of the molecule is CNCCc1nc2c(c(OC)n1)COC2. The molecule has 0 fully saturated rings. The van der Waals surface area contributed by atoms with Gasteiger partial charge in [-0.25, -0.2) is 4.98 Å². The zero-order chi connectivity index (χ0) is 10.7. The van der Waals surface area contributed by atoms with E-state index in [2.05, 4.69) is 15.3 Å². The Morgan fingerprint density at radius 3 is 3.00 bits per heavy atom. The molecule has 1 aliphatic heterocycles. The number of hydrogen-bond donors (Lipinski definition) is 1. The van der Waals surface area contributed by atoms with Gasteiger partial charge in [-0.3, -0.25) is 0 Å². The molecule has 2 heterocycles. The van der Waals surface area contributed by atoms with Crippen LogP contribution in [0.15, 0.2) is 0 Å². The Morgan fingerprint density at radius 2 is 2.27 bits per heavy atom. The number of likely N-dealkylation sites (N-methyl/N-ethyl adjacent to an activating group) is 1. The molecule has 0 saturated heterocycles. The number of nitrogens with zero attached hydrogens (tertiary/aromatic N) is 2. The third kappa shape index (κ3) is 2.08. The van der Waals surface area contributed by atoms with E-state index in [-0.39, 0.29) is 0 Å². The molecule has 0 spiro atoms. The van der Waals surface area contributed by atoms with Crippen LogP contribution in [-0.4, -0.2) is 30.7 Å². The van der Waals surface area contributed by atoms with Crippen molar-refractivity contribution in [3.63, 3.8) is 0 Å². The van der Waals surface area contributed by atoms with E-state index in [1.807, 2.05) is 7.05 Å². The number of methoxy groups -OCH3 is 1. The highest BCUT2D eigenvalue weighted by atomic mass is 16.5. The van der Waals surface area contributed by atoms with Gasteiger partial charge in [-0.2, -0.15) is 4.98 Å². The lowest BCUT2D eigenvalue weighted by atomic mass is 10.2. The summed E-state index contributed by atoms with van der Waals surface area (Å²) in [6.07, 6.45) is 0.806. The van der Waals surface area contributed by atoms with Crippen LogP contribution < -0.4 is 10.1 Å². The van der Waals surface area contributed by atoms with Crippen LogP contribution in [0.1, 0.15) is 17.1 Å². The van der Waals surface area contributed by atoms with Crippen LogP contribution in [0.4, 0.5) is 0 Å². The minimum atomic E-state index is 0.560. The molecular weight excluding hydrogens is 194 g/mol. The van der Waals surface area contributed by atoms with E-state index < -0.39 is 0 Å². The number of ether oxygens (including phenoxy) is 2. The van der Waals surface area contributed by atoms with Gasteiger partial charge in [0.05, 0.1) is 31.6 Å². The molecular formula is C10H15N3O2. The van der Waals surface area contributed by atoms with Crippen molar-refractivity contribution in [3.05, 3.63) is 17.1 Å². The summed E-state index contributed by atoms with van der Waals surface area (Å²) in [5.74, 6) is 1.47. The monoisotopic (exact) mass is 209 g/mol. The summed E-state index contributed by atoms with van der Waals surface area (Å²) in [4.78, 5) is 8.79. The van der Waals surface area contributed by atoms with Gasteiger partial charge >= 0.3 is 0 Å². The molecule has 1 aliphatic rings. The number of fused-ring (bicyclic) bond motifs is 1. The van der Waals surface area contributed by atoms with Gasteiger partial charge in [-0.1, -0.05) is 0 Å². The number of nitrogens with one attached hydrogen (secondary N) is 1. The molecule has 0 saturated carbocycles. The van der Waals surface area contributed by atoms with Crippen molar-refractivity contribution in [2.24, 2.45) is 0 Å². The van der Waals surface area contributed by atoms with Crippen molar-refractivity contribution in [2.75, 3.05) is 20.7 Å². The van der Waals surface area contributed by atoms with Crippen molar-refractivity contribution in [1.82, 2.24) is 15.3 Å². The van der Waals surface area contributed by atoms with Crippen LogP contribution >= 0.6 is 0 Å². The van der Waals surface area contributed by atoms with Crippen molar-refractivity contribution in [2.45, 2.75) is 19.6 Å². The molecule has 0 aliphatic carbocycles. The highest BCUT2D eigenvalue weighted by Gasteiger charge is 2.20. The van der Waals surface area contributed by atoms with Gasteiger partial charge in [-0.05, 0) is 7.05 Å². The van der Waals surface area contributed by atoms with Gasteiger partial charge in [0.25, 0.3) is 0 Å². The van der Waals surface area contributed by atoms with E-state index in [0.29, 0.717) is 19.1 Å². The molecule has 5 heteroatoms. The molecule has 5 nitrogen and oxygen atoms in total. The van der Waals surface area contributed by atoms with E-state index in [4.69, 9.17) is 9.47 Å². The highest BCUT2D eigenvalue weighted by molar-refractivity contribution is 5.32. The van der Waals surface area contributed by atoms with Crippen LogP contribution in [0, 0.1) is 0 Å². The Morgan fingerprint density at radius 1 is 1.40 bits per heavy atom. The lowest BCUT2D eigenvalue weighted by Gasteiger charge is -2.07. The molecule has 1 aromatic rings. The molecule has 0 atom stereocenters. The average Bonchev–Trinajstić information content (AvgIpc) is 2.73.